The van der Waals surface area contributed by atoms with Crippen LogP contribution in [-0.4, -0.2) is 24.6 Å². The van der Waals surface area contributed by atoms with E-state index >= 15 is 0 Å². The summed E-state index contributed by atoms with van der Waals surface area (Å²) in [4.78, 5) is 9.91. The van der Waals surface area contributed by atoms with E-state index in [2.05, 4.69) is 27.4 Å². The van der Waals surface area contributed by atoms with Gasteiger partial charge >= 0.3 is 0 Å². The number of ether oxygens (including phenoxy) is 1. The van der Waals surface area contributed by atoms with Crippen LogP contribution >= 0.6 is 11.3 Å². The summed E-state index contributed by atoms with van der Waals surface area (Å²) in [5.41, 5.74) is 8.16. The zero-order chi connectivity index (χ0) is 15.9. The fourth-order valence-corrected chi connectivity index (χ4v) is 2.92. The summed E-state index contributed by atoms with van der Waals surface area (Å²) in [5.74, 6) is 1.34. The average molecular weight is 318 g/mol. The molecule has 6 heteroatoms. The van der Waals surface area contributed by atoms with Crippen LogP contribution in [0.2, 0.25) is 0 Å². The van der Waals surface area contributed by atoms with E-state index in [0.29, 0.717) is 12.5 Å². The molecule has 0 fully saturated rings. The van der Waals surface area contributed by atoms with Crippen LogP contribution in [0.1, 0.15) is 21.1 Å². The summed E-state index contributed by atoms with van der Waals surface area (Å²) in [6, 6.07) is 8.03. The highest BCUT2D eigenvalue weighted by Gasteiger charge is 2.03. The second-order valence-corrected chi connectivity index (χ2v) is 6.26. The number of methoxy groups -OCH3 is 1. The van der Waals surface area contributed by atoms with Crippen molar-refractivity contribution in [3.8, 4) is 5.75 Å². The smallest absolute Gasteiger partial charge is 0.188 e. The second-order valence-electron chi connectivity index (χ2n) is 4.97. The lowest BCUT2D eigenvalue weighted by Gasteiger charge is -2.06. The third-order valence-corrected chi connectivity index (χ3v) is 4.33. The van der Waals surface area contributed by atoms with Gasteiger partial charge in [0.2, 0.25) is 0 Å². The summed E-state index contributed by atoms with van der Waals surface area (Å²) in [6.07, 6.45) is 0.888. The molecule has 5 nitrogen and oxygen atoms in total. The Kier molecular flexibility index (Phi) is 5.77. The molecule has 0 saturated carbocycles. The number of aliphatic imine (C=N–C) groups is 1. The molecule has 22 heavy (non-hydrogen) atoms. The lowest BCUT2D eigenvalue weighted by atomic mass is 10.1. The Morgan fingerprint density at radius 1 is 1.32 bits per heavy atom. The van der Waals surface area contributed by atoms with Crippen LogP contribution in [0.4, 0.5) is 0 Å². The Morgan fingerprint density at radius 2 is 2.05 bits per heavy atom. The minimum absolute atomic E-state index is 0.471. The predicted molar refractivity (Wildman–Crippen MR) is 91.6 cm³/mol. The quantitative estimate of drug-likeness (QED) is 0.634. The number of nitrogens with zero attached hydrogens (tertiary/aromatic N) is 2. The highest BCUT2D eigenvalue weighted by molar-refractivity contribution is 7.11. The van der Waals surface area contributed by atoms with Crippen molar-refractivity contribution in [2.24, 2.45) is 10.7 Å². The van der Waals surface area contributed by atoms with Gasteiger partial charge in [-0.05, 0) is 38.0 Å². The molecule has 0 aliphatic carbocycles. The summed E-state index contributed by atoms with van der Waals surface area (Å²) >= 11 is 1.67. The summed E-state index contributed by atoms with van der Waals surface area (Å²) < 4.78 is 5.14. The Balaban J connectivity index is 1.78. The molecule has 2 rings (SSSR count). The van der Waals surface area contributed by atoms with E-state index < -0.39 is 0 Å². The number of benzene rings is 1. The Labute approximate surface area is 135 Å². The Hall–Kier alpha value is -2.08. The zero-order valence-corrected chi connectivity index (χ0v) is 14.0. The first-order valence-electron chi connectivity index (χ1n) is 7.18. The molecular weight excluding hydrogens is 296 g/mol. The molecule has 0 unspecified atom stereocenters. The number of hydrogen-bond acceptors (Lipinski definition) is 4. The average Bonchev–Trinajstić information content (AvgIpc) is 2.84. The second kappa shape index (κ2) is 7.79. The molecule has 0 amide bonds. The molecule has 1 aromatic carbocycles. The maximum atomic E-state index is 5.89. The van der Waals surface area contributed by atoms with Crippen LogP contribution in [0.15, 0.2) is 29.3 Å². The Bertz CT molecular complexity index is 634. The summed E-state index contributed by atoms with van der Waals surface area (Å²) in [7, 11) is 1.67. The van der Waals surface area contributed by atoms with Crippen LogP contribution in [0.25, 0.3) is 0 Å². The van der Waals surface area contributed by atoms with E-state index in [0.717, 1.165) is 34.3 Å². The number of nitrogens with two attached hydrogens (primary N) is 1. The topological polar surface area (TPSA) is 72.5 Å². The largest absolute Gasteiger partial charge is 0.497 e. The van der Waals surface area contributed by atoms with Crippen molar-refractivity contribution in [3.63, 3.8) is 0 Å². The maximum Gasteiger partial charge on any atom is 0.188 e. The van der Waals surface area contributed by atoms with E-state index in [9.17, 15) is 0 Å². The monoisotopic (exact) mass is 318 g/mol. The maximum absolute atomic E-state index is 5.89. The molecule has 0 atom stereocenters. The van der Waals surface area contributed by atoms with Crippen molar-refractivity contribution < 1.29 is 4.74 Å². The predicted octanol–water partition coefficient (Wildman–Crippen LogP) is 2.42. The van der Waals surface area contributed by atoms with Crippen LogP contribution in [0.3, 0.4) is 0 Å². The third-order valence-electron chi connectivity index (χ3n) is 3.27. The van der Waals surface area contributed by atoms with Gasteiger partial charge in [-0.3, -0.25) is 0 Å². The number of nitrogens with one attached hydrogen (secondary N) is 1. The third kappa shape index (κ3) is 4.73. The number of hydrogen-bond donors (Lipinski definition) is 2. The molecule has 0 aliphatic heterocycles. The van der Waals surface area contributed by atoms with E-state index in [1.54, 1.807) is 18.4 Å². The van der Waals surface area contributed by atoms with Crippen LogP contribution in [0, 0.1) is 13.8 Å². The first-order chi connectivity index (χ1) is 10.6. The molecule has 0 aliphatic rings. The van der Waals surface area contributed by atoms with Crippen molar-refractivity contribution in [2.45, 2.75) is 26.8 Å². The molecule has 1 heterocycles. The van der Waals surface area contributed by atoms with Gasteiger partial charge in [0.1, 0.15) is 5.75 Å². The van der Waals surface area contributed by atoms with Gasteiger partial charge in [-0.25, -0.2) is 9.98 Å². The van der Waals surface area contributed by atoms with Gasteiger partial charge in [0.05, 0.1) is 24.4 Å². The number of rotatable bonds is 6. The highest BCUT2D eigenvalue weighted by Crippen LogP contribution is 2.17. The van der Waals surface area contributed by atoms with Gasteiger partial charge in [-0.1, -0.05) is 12.1 Å². The summed E-state index contributed by atoms with van der Waals surface area (Å²) in [5, 5.41) is 4.20. The first-order valence-corrected chi connectivity index (χ1v) is 7.99. The zero-order valence-electron chi connectivity index (χ0n) is 13.2. The highest BCUT2D eigenvalue weighted by atomic mass is 32.1. The number of thiazole rings is 1. The van der Waals surface area contributed by atoms with Gasteiger partial charge in [-0.2, -0.15) is 0 Å². The molecule has 0 radical (unpaired) electrons. The molecular formula is C16H22N4OS. The van der Waals surface area contributed by atoms with Crippen LogP contribution in [0.5, 0.6) is 5.75 Å². The first kappa shape index (κ1) is 16.3. The molecule has 0 spiro atoms. The molecule has 1 aromatic heterocycles. The number of aryl methyl sites for hydroxylation is 2. The number of aromatic nitrogens is 1. The number of guanidine groups is 1. The van der Waals surface area contributed by atoms with Crippen LogP contribution < -0.4 is 15.8 Å². The van der Waals surface area contributed by atoms with Gasteiger partial charge in [0.25, 0.3) is 0 Å². The van der Waals surface area contributed by atoms with E-state index in [-0.39, 0.29) is 0 Å². The van der Waals surface area contributed by atoms with Crippen molar-refractivity contribution in [2.75, 3.05) is 13.7 Å². The molecule has 0 saturated heterocycles. The standard InChI is InChI=1S/C16H22N4OS/c1-11-15(22-12(2)20-11)10-19-16(17)18-9-8-13-4-6-14(21-3)7-5-13/h4-7H,8-10H2,1-3H3,(H3,17,18,19). The van der Waals surface area contributed by atoms with Crippen molar-refractivity contribution in [1.82, 2.24) is 10.3 Å². The minimum atomic E-state index is 0.471. The lowest BCUT2D eigenvalue weighted by molar-refractivity contribution is 0.414. The Morgan fingerprint density at radius 3 is 2.64 bits per heavy atom. The molecule has 0 bridgehead atoms. The lowest BCUT2D eigenvalue weighted by Crippen LogP contribution is -2.33. The SMILES string of the molecule is COc1ccc(CCNC(N)=NCc2sc(C)nc2C)cc1. The molecule has 3 N–H and O–H groups in total. The van der Waals surface area contributed by atoms with Gasteiger partial charge in [0, 0.05) is 11.4 Å². The fourth-order valence-electron chi connectivity index (χ4n) is 2.06. The van der Waals surface area contributed by atoms with Gasteiger partial charge in [-0.15, -0.1) is 11.3 Å². The van der Waals surface area contributed by atoms with E-state index in [1.807, 2.05) is 26.0 Å². The fraction of sp³-hybridized carbons (Fsp3) is 0.375. The molecule has 118 valence electrons. The van der Waals surface area contributed by atoms with Crippen molar-refractivity contribution in [1.29, 1.82) is 0 Å². The minimum Gasteiger partial charge on any atom is -0.497 e. The van der Waals surface area contributed by atoms with Crippen molar-refractivity contribution in [3.05, 3.63) is 45.4 Å². The van der Waals surface area contributed by atoms with Crippen molar-refractivity contribution >= 4 is 17.3 Å². The molecule has 2 aromatic rings. The van der Waals surface area contributed by atoms with E-state index in [1.165, 1.54) is 5.56 Å². The normalized spacial score (nSPS) is 11.5. The van der Waals surface area contributed by atoms with E-state index in [4.69, 9.17) is 10.5 Å². The van der Waals surface area contributed by atoms with Gasteiger partial charge < -0.3 is 15.8 Å². The summed E-state index contributed by atoms with van der Waals surface area (Å²) in [6.45, 7) is 5.34. The van der Waals surface area contributed by atoms with Crippen LogP contribution in [-0.2, 0) is 13.0 Å². The van der Waals surface area contributed by atoms with Gasteiger partial charge in [0.15, 0.2) is 5.96 Å².